The molecule has 1 aliphatic rings. The zero-order valence-corrected chi connectivity index (χ0v) is 17.4. The Morgan fingerprint density at radius 3 is 2.68 bits per heavy atom. The number of hydrogen-bond acceptors (Lipinski definition) is 3. The number of carbonyl (C=O) groups excluding carboxylic acids is 3. The number of halogens is 1. The maximum Gasteiger partial charge on any atom is 0.239 e. The molecule has 1 heterocycles. The Kier molecular flexibility index (Phi) is 6.14. The van der Waals surface area contributed by atoms with E-state index in [2.05, 4.69) is 21.2 Å². The fraction of sp³-hybridized carbons (Fsp3) is 0.286. The van der Waals surface area contributed by atoms with Crippen LogP contribution >= 0.6 is 15.9 Å². The molecule has 1 aliphatic heterocycles. The van der Waals surface area contributed by atoms with E-state index in [0.29, 0.717) is 25.2 Å². The highest BCUT2D eigenvalue weighted by atomic mass is 79.9. The second kappa shape index (κ2) is 8.56. The third kappa shape index (κ3) is 4.59. The highest BCUT2D eigenvalue weighted by molar-refractivity contribution is 9.10. The maximum atomic E-state index is 12.7. The van der Waals surface area contributed by atoms with Gasteiger partial charge in [0.2, 0.25) is 17.7 Å². The molecular formula is C21H22BrN3O3. The molecule has 0 radical (unpaired) electrons. The lowest BCUT2D eigenvalue weighted by atomic mass is 10.1. The molecule has 1 atom stereocenters. The van der Waals surface area contributed by atoms with Crippen molar-refractivity contribution in [3.8, 4) is 0 Å². The van der Waals surface area contributed by atoms with Gasteiger partial charge in [-0.1, -0.05) is 34.1 Å². The second-order valence-corrected chi connectivity index (χ2v) is 7.79. The summed E-state index contributed by atoms with van der Waals surface area (Å²) in [4.78, 5) is 40.1. The third-order valence-electron chi connectivity index (χ3n) is 4.79. The minimum Gasteiger partial charge on any atom is -0.342 e. The minimum absolute atomic E-state index is 0.0290. The summed E-state index contributed by atoms with van der Waals surface area (Å²) in [7, 11) is 1.72. The maximum absolute atomic E-state index is 12.7. The molecule has 28 heavy (non-hydrogen) atoms. The molecule has 1 unspecified atom stereocenters. The van der Waals surface area contributed by atoms with Crippen molar-refractivity contribution in [1.82, 2.24) is 4.90 Å². The van der Waals surface area contributed by atoms with E-state index in [-0.39, 0.29) is 17.7 Å². The number of benzene rings is 2. The lowest BCUT2D eigenvalue weighted by Crippen LogP contribution is -2.33. The van der Waals surface area contributed by atoms with Crippen LogP contribution in [0.15, 0.2) is 53.0 Å². The summed E-state index contributed by atoms with van der Waals surface area (Å²) in [5.74, 6) is -1.23. The molecule has 0 aliphatic carbocycles. The molecule has 3 rings (SSSR count). The Morgan fingerprint density at radius 2 is 1.96 bits per heavy atom. The van der Waals surface area contributed by atoms with Crippen LogP contribution in [0.1, 0.15) is 18.9 Å². The molecule has 1 fully saturated rings. The van der Waals surface area contributed by atoms with Crippen LogP contribution in [0.4, 0.5) is 11.4 Å². The zero-order chi connectivity index (χ0) is 20.3. The highest BCUT2D eigenvalue weighted by Crippen LogP contribution is 2.28. The summed E-state index contributed by atoms with van der Waals surface area (Å²) in [6.07, 6.45) is 0.476. The first kappa shape index (κ1) is 20.1. The Bertz CT molecular complexity index is 915. The summed E-state index contributed by atoms with van der Waals surface area (Å²) in [5.41, 5.74) is 2.31. The summed E-state index contributed by atoms with van der Waals surface area (Å²) < 4.78 is 0.887. The summed E-state index contributed by atoms with van der Waals surface area (Å²) in [6.45, 7) is 2.48. The van der Waals surface area contributed by atoms with Gasteiger partial charge < -0.3 is 15.1 Å². The number of nitrogens with zero attached hydrogens (tertiary/aromatic N) is 2. The average Bonchev–Trinajstić information content (AvgIpc) is 3.03. The van der Waals surface area contributed by atoms with Gasteiger partial charge in [-0.2, -0.15) is 0 Å². The standard InChI is InChI=1S/C21H22BrN3O3/c1-14(26)24(2)13-15-5-3-7-17(11-15)23-20(27)19-9-10-25(21(19)28)18-8-4-6-16(22)12-18/h3-8,11-12,19H,9-10,13H2,1-2H3,(H,23,27). The molecule has 0 bridgehead atoms. The van der Waals surface area contributed by atoms with Gasteiger partial charge in [-0.25, -0.2) is 0 Å². The van der Waals surface area contributed by atoms with Gasteiger partial charge in [0.1, 0.15) is 5.92 Å². The van der Waals surface area contributed by atoms with E-state index in [1.807, 2.05) is 42.5 Å². The van der Waals surface area contributed by atoms with Crippen molar-refractivity contribution in [1.29, 1.82) is 0 Å². The Balaban J connectivity index is 1.67. The quantitative estimate of drug-likeness (QED) is 0.719. The van der Waals surface area contributed by atoms with E-state index in [1.54, 1.807) is 22.9 Å². The summed E-state index contributed by atoms with van der Waals surface area (Å²) in [5, 5.41) is 2.84. The molecule has 2 aromatic carbocycles. The average molecular weight is 444 g/mol. The van der Waals surface area contributed by atoms with Crippen LogP contribution in [-0.4, -0.2) is 36.2 Å². The van der Waals surface area contributed by atoms with Crippen molar-refractivity contribution in [3.05, 3.63) is 58.6 Å². The molecule has 7 heteroatoms. The van der Waals surface area contributed by atoms with Gasteiger partial charge in [0.25, 0.3) is 0 Å². The monoisotopic (exact) mass is 443 g/mol. The van der Waals surface area contributed by atoms with Crippen molar-refractivity contribution >= 4 is 45.0 Å². The Labute approximate surface area is 172 Å². The van der Waals surface area contributed by atoms with E-state index < -0.39 is 5.92 Å². The van der Waals surface area contributed by atoms with Gasteiger partial charge in [0.05, 0.1) is 0 Å². The highest BCUT2D eigenvalue weighted by Gasteiger charge is 2.37. The van der Waals surface area contributed by atoms with Gasteiger partial charge in [-0.15, -0.1) is 0 Å². The van der Waals surface area contributed by atoms with E-state index in [4.69, 9.17) is 0 Å². The van der Waals surface area contributed by atoms with Gasteiger partial charge >= 0.3 is 0 Å². The number of anilines is 2. The van der Waals surface area contributed by atoms with Crippen molar-refractivity contribution in [2.75, 3.05) is 23.8 Å². The minimum atomic E-state index is -0.706. The topological polar surface area (TPSA) is 69.7 Å². The molecular weight excluding hydrogens is 422 g/mol. The zero-order valence-electron chi connectivity index (χ0n) is 15.8. The number of carbonyl (C=O) groups is 3. The first-order chi connectivity index (χ1) is 13.3. The summed E-state index contributed by atoms with van der Waals surface area (Å²) in [6, 6.07) is 14.8. The smallest absolute Gasteiger partial charge is 0.239 e. The first-order valence-corrected chi connectivity index (χ1v) is 9.83. The number of hydrogen-bond donors (Lipinski definition) is 1. The Morgan fingerprint density at radius 1 is 1.21 bits per heavy atom. The number of amides is 3. The molecule has 6 nitrogen and oxygen atoms in total. The second-order valence-electron chi connectivity index (χ2n) is 6.88. The molecule has 0 saturated carbocycles. The number of nitrogens with one attached hydrogen (secondary N) is 1. The van der Waals surface area contributed by atoms with E-state index in [1.165, 1.54) is 6.92 Å². The van der Waals surface area contributed by atoms with Gasteiger partial charge in [-0.3, -0.25) is 14.4 Å². The van der Waals surface area contributed by atoms with Crippen molar-refractivity contribution in [3.63, 3.8) is 0 Å². The van der Waals surface area contributed by atoms with Crippen LogP contribution in [0.3, 0.4) is 0 Å². The van der Waals surface area contributed by atoms with Crippen LogP contribution in [0.25, 0.3) is 0 Å². The van der Waals surface area contributed by atoms with Gasteiger partial charge in [-0.05, 0) is 42.3 Å². The predicted molar refractivity (Wildman–Crippen MR) is 112 cm³/mol. The lowest BCUT2D eigenvalue weighted by molar-refractivity contribution is -0.129. The van der Waals surface area contributed by atoms with Crippen LogP contribution in [0.5, 0.6) is 0 Å². The first-order valence-electron chi connectivity index (χ1n) is 9.03. The number of rotatable bonds is 5. The normalized spacial score (nSPS) is 16.2. The van der Waals surface area contributed by atoms with E-state index >= 15 is 0 Å². The lowest BCUT2D eigenvalue weighted by Gasteiger charge is -2.17. The van der Waals surface area contributed by atoms with Crippen LogP contribution < -0.4 is 10.2 Å². The fourth-order valence-electron chi connectivity index (χ4n) is 3.19. The fourth-order valence-corrected chi connectivity index (χ4v) is 3.57. The van der Waals surface area contributed by atoms with E-state index in [0.717, 1.165) is 15.7 Å². The Hall–Kier alpha value is -2.67. The van der Waals surface area contributed by atoms with Gasteiger partial charge in [0, 0.05) is 42.9 Å². The van der Waals surface area contributed by atoms with Gasteiger partial charge in [0.15, 0.2) is 0 Å². The molecule has 146 valence electrons. The molecule has 0 spiro atoms. The molecule has 3 amide bonds. The predicted octanol–water partition coefficient (Wildman–Crippen LogP) is 3.42. The molecule has 1 N–H and O–H groups in total. The van der Waals surface area contributed by atoms with Crippen LogP contribution in [-0.2, 0) is 20.9 Å². The van der Waals surface area contributed by atoms with Crippen molar-refractivity contribution < 1.29 is 14.4 Å². The SMILES string of the molecule is CC(=O)N(C)Cc1cccc(NC(=O)C2CCN(c3cccc(Br)c3)C2=O)c1. The molecule has 0 aromatic heterocycles. The molecule has 1 saturated heterocycles. The van der Waals surface area contributed by atoms with Crippen molar-refractivity contribution in [2.45, 2.75) is 19.9 Å². The molecule has 2 aromatic rings. The van der Waals surface area contributed by atoms with Crippen LogP contribution in [0, 0.1) is 5.92 Å². The largest absolute Gasteiger partial charge is 0.342 e. The van der Waals surface area contributed by atoms with Crippen molar-refractivity contribution in [2.24, 2.45) is 5.92 Å². The van der Waals surface area contributed by atoms with E-state index in [9.17, 15) is 14.4 Å². The summed E-state index contributed by atoms with van der Waals surface area (Å²) >= 11 is 3.41. The third-order valence-corrected chi connectivity index (χ3v) is 5.29. The van der Waals surface area contributed by atoms with Crippen LogP contribution in [0.2, 0.25) is 0 Å².